The summed E-state index contributed by atoms with van der Waals surface area (Å²) in [7, 11) is -1.38. The van der Waals surface area contributed by atoms with E-state index in [-0.39, 0.29) is 6.03 Å². The zero-order chi connectivity index (χ0) is 26.0. The van der Waals surface area contributed by atoms with E-state index in [0.717, 1.165) is 73.1 Å². The zero-order valence-electron chi connectivity index (χ0n) is 21.2. The highest BCUT2D eigenvalue weighted by Crippen LogP contribution is 2.35. The Kier molecular flexibility index (Phi) is 7.07. The average molecular weight is 524 g/mol. The lowest BCUT2D eigenvalue weighted by molar-refractivity contribution is 0.164. The van der Waals surface area contributed by atoms with Crippen molar-refractivity contribution in [2.24, 2.45) is 0 Å². The first-order valence-corrected chi connectivity index (χ1v) is 14.4. The van der Waals surface area contributed by atoms with Crippen LogP contribution >= 0.6 is 0 Å². The number of aromatic amines is 1. The summed E-state index contributed by atoms with van der Waals surface area (Å²) in [5, 5.41) is 11.4. The number of nitrogens with one attached hydrogen (secondary N) is 3. The van der Waals surface area contributed by atoms with Crippen molar-refractivity contribution in [1.29, 1.82) is 0 Å². The number of aromatic nitrogens is 2. The summed E-state index contributed by atoms with van der Waals surface area (Å²) in [6, 6.07) is 11.4. The topological polar surface area (TPSA) is 114 Å². The minimum absolute atomic E-state index is 0.0905. The van der Waals surface area contributed by atoms with E-state index >= 15 is 0 Å². The Morgan fingerprint density at radius 3 is 2.51 bits per heavy atom. The van der Waals surface area contributed by atoms with Crippen LogP contribution in [0.2, 0.25) is 0 Å². The van der Waals surface area contributed by atoms with Gasteiger partial charge in [-0.05, 0) is 55.8 Å². The third kappa shape index (κ3) is 6.05. The molecule has 0 saturated carbocycles. The van der Waals surface area contributed by atoms with Crippen LogP contribution in [0.4, 0.5) is 21.9 Å². The van der Waals surface area contributed by atoms with Crippen LogP contribution in [0.15, 0.2) is 36.4 Å². The number of sulfonamides is 1. The number of hydrogen-bond acceptors (Lipinski definition) is 6. The predicted octanol–water partition coefficient (Wildman–Crippen LogP) is 3.48. The molecular weight excluding hydrogens is 490 g/mol. The normalized spacial score (nSPS) is 17.1. The van der Waals surface area contributed by atoms with Crippen LogP contribution in [0.5, 0.6) is 0 Å². The number of hydrogen-bond donors (Lipinski definition) is 3. The lowest BCUT2D eigenvalue weighted by atomic mass is 10.1. The molecule has 5 rings (SSSR count). The summed E-state index contributed by atoms with van der Waals surface area (Å²) >= 11 is 0. The number of urea groups is 1. The molecular formula is C26H33N7O3S. The molecule has 0 spiro atoms. The predicted molar refractivity (Wildman–Crippen MR) is 149 cm³/mol. The maximum Gasteiger partial charge on any atom is 0.321 e. The maximum atomic E-state index is 12.6. The van der Waals surface area contributed by atoms with Crippen LogP contribution in [-0.2, 0) is 10.0 Å². The van der Waals surface area contributed by atoms with E-state index in [0.29, 0.717) is 24.5 Å². The number of amides is 2. The van der Waals surface area contributed by atoms with Gasteiger partial charge < -0.3 is 20.0 Å². The molecule has 3 N–H and O–H groups in total. The highest BCUT2D eigenvalue weighted by atomic mass is 32.2. The number of anilines is 3. The first-order chi connectivity index (χ1) is 17.7. The van der Waals surface area contributed by atoms with Crippen LogP contribution in [-0.4, -0.2) is 87.0 Å². The van der Waals surface area contributed by atoms with Crippen LogP contribution in [0.1, 0.15) is 24.1 Å². The third-order valence-corrected chi connectivity index (χ3v) is 7.40. The SMILES string of the molecule is CN1CCN(C(=O)Nc2cccc(/C=C/c3n[nH]c4cc(N5CCCC5)c(NS(C)(=O)=O)cc34)c2)CC1. The fourth-order valence-corrected chi connectivity index (χ4v) is 5.37. The Hall–Kier alpha value is -3.57. The second-order valence-corrected chi connectivity index (χ2v) is 11.5. The Balaban J connectivity index is 1.36. The third-order valence-electron chi connectivity index (χ3n) is 6.81. The number of H-pyrrole nitrogens is 1. The fourth-order valence-electron chi connectivity index (χ4n) is 4.81. The summed E-state index contributed by atoms with van der Waals surface area (Å²) in [6.45, 7) is 4.95. The molecule has 11 heteroatoms. The lowest BCUT2D eigenvalue weighted by Gasteiger charge is -2.32. The molecule has 0 radical (unpaired) electrons. The van der Waals surface area contributed by atoms with Crippen molar-refractivity contribution in [3.63, 3.8) is 0 Å². The number of carbonyl (C=O) groups is 1. The molecule has 2 aromatic carbocycles. The van der Waals surface area contributed by atoms with Gasteiger partial charge in [0, 0.05) is 50.3 Å². The molecule has 0 bridgehead atoms. The quantitative estimate of drug-likeness (QED) is 0.456. The van der Waals surface area contributed by atoms with Gasteiger partial charge in [0.05, 0.1) is 28.8 Å². The monoisotopic (exact) mass is 523 g/mol. The van der Waals surface area contributed by atoms with Gasteiger partial charge in [-0.3, -0.25) is 9.82 Å². The highest BCUT2D eigenvalue weighted by molar-refractivity contribution is 7.92. The smallest absolute Gasteiger partial charge is 0.321 e. The van der Waals surface area contributed by atoms with Gasteiger partial charge in [-0.2, -0.15) is 5.10 Å². The van der Waals surface area contributed by atoms with Gasteiger partial charge >= 0.3 is 6.03 Å². The Morgan fingerprint density at radius 2 is 1.78 bits per heavy atom. The minimum atomic E-state index is -3.44. The number of benzene rings is 2. The molecule has 0 aliphatic carbocycles. The molecule has 2 aliphatic heterocycles. The number of nitrogens with zero attached hydrogens (tertiary/aromatic N) is 4. The molecule has 0 atom stereocenters. The molecule has 10 nitrogen and oxygen atoms in total. The lowest BCUT2D eigenvalue weighted by Crippen LogP contribution is -2.48. The molecule has 2 fully saturated rings. The van der Waals surface area contributed by atoms with Crippen molar-refractivity contribution in [2.45, 2.75) is 12.8 Å². The van der Waals surface area contributed by atoms with Crippen molar-refractivity contribution in [1.82, 2.24) is 20.0 Å². The van der Waals surface area contributed by atoms with Crippen molar-refractivity contribution in [3.8, 4) is 0 Å². The number of likely N-dealkylation sites (N-methyl/N-ethyl adjacent to an activating group) is 1. The van der Waals surface area contributed by atoms with Crippen LogP contribution in [0, 0.1) is 0 Å². The Bertz CT molecular complexity index is 1420. The van der Waals surface area contributed by atoms with E-state index in [1.165, 1.54) is 0 Å². The van der Waals surface area contributed by atoms with Crippen molar-refractivity contribution in [3.05, 3.63) is 47.7 Å². The first kappa shape index (κ1) is 25.1. The van der Waals surface area contributed by atoms with E-state index in [9.17, 15) is 13.2 Å². The molecule has 2 saturated heterocycles. The molecule has 2 aliphatic rings. The molecule has 3 aromatic rings. The second kappa shape index (κ2) is 10.4. The van der Waals surface area contributed by atoms with E-state index in [1.807, 2.05) is 53.5 Å². The number of carbonyl (C=O) groups excluding carboxylic acids is 1. The second-order valence-electron chi connectivity index (χ2n) is 9.77. The Labute approximate surface area is 217 Å². The van der Waals surface area contributed by atoms with Crippen LogP contribution in [0.25, 0.3) is 23.1 Å². The van der Waals surface area contributed by atoms with Gasteiger partial charge in [-0.15, -0.1) is 0 Å². The van der Waals surface area contributed by atoms with E-state index in [2.05, 4.69) is 37.1 Å². The van der Waals surface area contributed by atoms with Crippen LogP contribution < -0.4 is 14.9 Å². The summed E-state index contributed by atoms with van der Waals surface area (Å²) in [4.78, 5) is 18.9. The zero-order valence-corrected chi connectivity index (χ0v) is 22.0. The molecule has 2 amide bonds. The molecule has 1 aromatic heterocycles. The fraction of sp³-hybridized carbons (Fsp3) is 0.385. The molecule has 37 heavy (non-hydrogen) atoms. The molecule has 196 valence electrons. The van der Waals surface area contributed by atoms with E-state index in [4.69, 9.17) is 0 Å². The van der Waals surface area contributed by atoms with Gasteiger partial charge in [-0.25, -0.2) is 13.2 Å². The number of fused-ring (bicyclic) bond motifs is 1. The van der Waals surface area contributed by atoms with Crippen LogP contribution in [0.3, 0.4) is 0 Å². The summed E-state index contributed by atoms with van der Waals surface area (Å²) in [5.74, 6) is 0. The average Bonchev–Trinajstić information content (AvgIpc) is 3.52. The van der Waals surface area contributed by atoms with Gasteiger partial charge in [0.25, 0.3) is 0 Å². The van der Waals surface area contributed by atoms with Crippen molar-refractivity contribution >= 4 is 56.2 Å². The molecule has 3 heterocycles. The van der Waals surface area contributed by atoms with E-state index < -0.39 is 10.0 Å². The minimum Gasteiger partial charge on any atom is -0.370 e. The highest BCUT2D eigenvalue weighted by Gasteiger charge is 2.21. The van der Waals surface area contributed by atoms with E-state index in [1.54, 1.807) is 0 Å². The summed E-state index contributed by atoms with van der Waals surface area (Å²) in [5.41, 5.74) is 4.60. The van der Waals surface area contributed by atoms with Gasteiger partial charge in [0.15, 0.2) is 0 Å². The summed E-state index contributed by atoms with van der Waals surface area (Å²) < 4.78 is 26.8. The standard InChI is InChI=1S/C26H33N7O3S/c1-31-12-14-33(15-13-31)26(34)27-20-7-5-6-19(16-20)8-9-22-21-17-24(30-37(2,35)36)25(18-23(21)29-28-22)32-10-3-4-11-32/h5-9,16-18,30H,3-4,10-15H2,1-2H3,(H,27,34)(H,28,29)/b9-8+. The largest absolute Gasteiger partial charge is 0.370 e. The number of piperazine rings is 1. The molecule has 0 unspecified atom stereocenters. The summed E-state index contributed by atoms with van der Waals surface area (Å²) in [6.07, 6.45) is 7.15. The van der Waals surface area contributed by atoms with Crippen molar-refractivity contribution in [2.75, 3.05) is 67.5 Å². The first-order valence-electron chi connectivity index (χ1n) is 12.5. The van der Waals surface area contributed by atoms with Gasteiger partial charge in [0.1, 0.15) is 0 Å². The number of rotatable bonds is 6. The van der Waals surface area contributed by atoms with Crippen molar-refractivity contribution < 1.29 is 13.2 Å². The van der Waals surface area contributed by atoms with Gasteiger partial charge in [0.2, 0.25) is 10.0 Å². The maximum absolute atomic E-state index is 12.6. The Morgan fingerprint density at radius 1 is 1.03 bits per heavy atom. The van der Waals surface area contributed by atoms with Gasteiger partial charge in [-0.1, -0.05) is 18.2 Å².